The highest BCUT2D eigenvalue weighted by Crippen LogP contribution is 2.45. The lowest BCUT2D eigenvalue weighted by molar-refractivity contribution is -0.857. The van der Waals surface area contributed by atoms with Crippen molar-refractivity contribution in [1.82, 2.24) is 0 Å². The summed E-state index contributed by atoms with van der Waals surface area (Å²) in [7, 11) is 4.38. The third-order valence-electron chi connectivity index (χ3n) is 3.62. The van der Waals surface area contributed by atoms with Gasteiger partial charge in [-0.25, -0.2) is 0 Å². The Kier molecular flexibility index (Phi) is 5.99. The van der Waals surface area contributed by atoms with Gasteiger partial charge in [-0.3, -0.25) is 0 Å². The number of nitrogens with one attached hydrogen (secondary N) is 1. The first-order valence-corrected chi connectivity index (χ1v) is 8.41. The lowest BCUT2D eigenvalue weighted by Crippen LogP contribution is -3.05. The van der Waals surface area contributed by atoms with Crippen LogP contribution in [-0.2, 0) is 0 Å². The molecule has 0 unspecified atom stereocenters. The van der Waals surface area contributed by atoms with E-state index in [1.54, 1.807) is 0 Å². The first-order valence-electron chi connectivity index (χ1n) is 7.21. The van der Waals surface area contributed by atoms with Gasteiger partial charge in [-0.1, -0.05) is 47.6 Å². The number of hydrogen-bond acceptors (Lipinski definition) is 1. The lowest BCUT2D eigenvalue weighted by Gasteiger charge is -2.22. The number of rotatable bonds is 3. The second-order valence-electron chi connectivity index (χ2n) is 5.60. The van der Waals surface area contributed by atoms with Gasteiger partial charge in [0.2, 0.25) is 0 Å². The Bertz CT molecular complexity index is 695. The van der Waals surface area contributed by atoms with Crippen LogP contribution in [0.15, 0.2) is 58.3 Å². The maximum atomic E-state index is 6.21. The van der Waals surface area contributed by atoms with E-state index in [2.05, 4.69) is 56.6 Å². The standard InChI is InChI=1S/C18H18ClNS.ClH/c1-20(2)11-5-7-14-15-6-3-4-8-17(15)21-18-10-9-13(19)12-16(14)18;/h3-4,6-10,12H,5,11H2,1-2H3;1H/b14-7+;. The van der Waals surface area contributed by atoms with Gasteiger partial charge in [0, 0.05) is 21.2 Å². The molecule has 116 valence electrons. The van der Waals surface area contributed by atoms with Gasteiger partial charge >= 0.3 is 0 Å². The van der Waals surface area contributed by atoms with Crippen LogP contribution in [0.3, 0.4) is 0 Å². The Balaban J connectivity index is 0.00000176. The summed E-state index contributed by atoms with van der Waals surface area (Å²) in [5.74, 6) is 0. The molecular weight excluding hydrogens is 333 g/mol. The predicted octanol–water partition coefficient (Wildman–Crippen LogP) is 0.775. The van der Waals surface area contributed by atoms with E-state index >= 15 is 0 Å². The fourth-order valence-electron chi connectivity index (χ4n) is 2.57. The van der Waals surface area contributed by atoms with E-state index in [-0.39, 0.29) is 12.4 Å². The molecule has 2 aromatic rings. The van der Waals surface area contributed by atoms with Crippen LogP contribution in [-0.4, -0.2) is 20.6 Å². The first-order chi connectivity index (χ1) is 10.1. The Morgan fingerprint density at radius 3 is 2.55 bits per heavy atom. The van der Waals surface area contributed by atoms with Crippen LogP contribution in [0, 0.1) is 0 Å². The normalized spacial score (nSPS) is 14.5. The Morgan fingerprint density at radius 1 is 1.05 bits per heavy atom. The summed E-state index contributed by atoms with van der Waals surface area (Å²) in [4.78, 5) is 4.09. The average molecular weight is 352 g/mol. The molecular formula is C18H19Cl2NS. The van der Waals surface area contributed by atoms with Gasteiger partial charge in [0.1, 0.15) is 0 Å². The molecule has 2 aromatic carbocycles. The van der Waals surface area contributed by atoms with Gasteiger partial charge in [0.05, 0.1) is 20.6 Å². The van der Waals surface area contributed by atoms with Crippen LogP contribution in [0.1, 0.15) is 17.5 Å². The highest BCUT2D eigenvalue weighted by Gasteiger charge is 2.20. The quantitative estimate of drug-likeness (QED) is 0.730. The van der Waals surface area contributed by atoms with E-state index in [4.69, 9.17) is 11.6 Å². The van der Waals surface area contributed by atoms with Crippen LogP contribution in [0.25, 0.3) is 5.57 Å². The van der Waals surface area contributed by atoms with Crippen molar-refractivity contribution < 1.29 is 17.3 Å². The molecule has 3 rings (SSSR count). The van der Waals surface area contributed by atoms with Crippen molar-refractivity contribution in [3.8, 4) is 0 Å². The molecule has 1 heterocycles. The van der Waals surface area contributed by atoms with Gasteiger partial charge in [0.15, 0.2) is 0 Å². The first kappa shape index (κ1) is 17.4. The van der Waals surface area contributed by atoms with Crippen molar-refractivity contribution >= 4 is 28.9 Å². The summed E-state index contributed by atoms with van der Waals surface area (Å²) < 4.78 is 0. The average Bonchev–Trinajstić information content (AvgIpc) is 2.46. The molecule has 0 saturated carbocycles. The topological polar surface area (TPSA) is 4.44 Å². The molecule has 4 heteroatoms. The minimum Gasteiger partial charge on any atom is -1.00 e. The van der Waals surface area contributed by atoms with E-state index in [9.17, 15) is 0 Å². The Hall–Kier alpha value is -0.930. The lowest BCUT2D eigenvalue weighted by atomic mass is 9.96. The van der Waals surface area contributed by atoms with Crippen molar-refractivity contribution in [3.63, 3.8) is 0 Å². The van der Waals surface area contributed by atoms with Gasteiger partial charge in [-0.15, -0.1) is 0 Å². The molecule has 0 aliphatic carbocycles. The summed E-state index contributed by atoms with van der Waals surface area (Å²) in [5, 5.41) is 0.804. The van der Waals surface area contributed by atoms with E-state index in [1.165, 1.54) is 31.4 Å². The van der Waals surface area contributed by atoms with Crippen LogP contribution in [0.2, 0.25) is 5.02 Å². The third-order valence-corrected chi connectivity index (χ3v) is 5.01. The Labute approximate surface area is 147 Å². The van der Waals surface area contributed by atoms with Crippen LogP contribution in [0.5, 0.6) is 0 Å². The smallest absolute Gasteiger partial charge is 0.0802 e. The summed E-state index contributed by atoms with van der Waals surface area (Å²) in [6.45, 7) is 1.13. The molecule has 0 amide bonds. The minimum absolute atomic E-state index is 0. The molecule has 0 atom stereocenters. The zero-order chi connectivity index (χ0) is 14.8. The Morgan fingerprint density at radius 2 is 1.77 bits per heavy atom. The van der Waals surface area contributed by atoms with Crippen LogP contribution < -0.4 is 17.3 Å². The monoisotopic (exact) mass is 351 g/mol. The molecule has 0 bridgehead atoms. The highest BCUT2D eigenvalue weighted by molar-refractivity contribution is 7.99. The molecule has 0 radical (unpaired) electrons. The fraction of sp³-hybridized carbons (Fsp3) is 0.222. The number of quaternary nitrogens is 1. The van der Waals surface area contributed by atoms with E-state index in [1.807, 2.05) is 17.8 Å². The van der Waals surface area contributed by atoms with E-state index < -0.39 is 0 Å². The molecule has 0 spiro atoms. The maximum absolute atomic E-state index is 6.21. The number of fused-ring (bicyclic) bond motifs is 2. The number of hydrogen-bond donors (Lipinski definition) is 1. The molecule has 0 aromatic heterocycles. The molecule has 1 nitrogen and oxygen atoms in total. The number of halogens is 2. The van der Waals surface area contributed by atoms with Gasteiger partial charge in [-0.2, -0.15) is 0 Å². The SMILES string of the molecule is C[NH+](C)CC/C=C1\c2ccccc2Sc2ccc(Cl)cc21.[Cl-]. The molecule has 1 aliphatic heterocycles. The predicted molar refractivity (Wildman–Crippen MR) is 91.4 cm³/mol. The van der Waals surface area contributed by atoms with Gasteiger partial charge in [-0.05, 0) is 41.0 Å². The van der Waals surface area contributed by atoms with Crippen molar-refractivity contribution in [2.24, 2.45) is 0 Å². The third kappa shape index (κ3) is 3.69. The number of benzene rings is 2. The summed E-state index contributed by atoms with van der Waals surface area (Å²) in [6, 6.07) is 14.8. The molecule has 0 saturated heterocycles. The van der Waals surface area contributed by atoms with Gasteiger partial charge < -0.3 is 17.3 Å². The molecule has 22 heavy (non-hydrogen) atoms. The summed E-state index contributed by atoms with van der Waals surface area (Å²) >= 11 is 8.04. The largest absolute Gasteiger partial charge is 1.00 e. The van der Waals surface area contributed by atoms with Crippen molar-refractivity contribution in [3.05, 3.63) is 64.7 Å². The minimum atomic E-state index is 0. The molecule has 1 N–H and O–H groups in total. The second kappa shape index (κ2) is 7.56. The second-order valence-corrected chi connectivity index (χ2v) is 7.12. The van der Waals surface area contributed by atoms with Crippen LogP contribution in [0.4, 0.5) is 0 Å². The zero-order valence-electron chi connectivity index (χ0n) is 12.7. The van der Waals surface area contributed by atoms with Crippen molar-refractivity contribution in [2.75, 3.05) is 20.6 Å². The maximum Gasteiger partial charge on any atom is 0.0802 e. The van der Waals surface area contributed by atoms with Gasteiger partial charge in [0.25, 0.3) is 0 Å². The van der Waals surface area contributed by atoms with Crippen molar-refractivity contribution in [1.29, 1.82) is 0 Å². The summed E-state index contributed by atoms with van der Waals surface area (Å²) in [6.07, 6.45) is 3.43. The highest BCUT2D eigenvalue weighted by atomic mass is 35.5. The van der Waals surface area contributed by atoms with Crippen molar-refractivity contribution in [2.45, 2.75) is 16.2 Å². The molecule has 0 fully saturated rings. The molecule has 1 aliphatic rings. The van der Waals surface area contributed by atoms with E-state index in [0.717, 1.165) is 18.0 Å². The fourth-order valence-corrected chi connectivity index (χ4v) is 3.83. The van der Waals surface area contributed by atoms with Crippen LogP contribution >= 0.6 is 23.4 Å². The summed E-state index contributed by atoms with van der Waals surface area (Å²) in [5.41, 5.74) is 3.91. The zero-order valence-corrected chi connectivity index (χ0v) is 15.0. The van der Waals surface area contributed by atoms with E-state index in [0.29, 0.717) is 0 Å².